The Labute approximate surface area is 132 Å². The van der Waals surface area contributed by atoms with Crippen molar-refractivity contribution in [2.24, 2.45) is 4.99 Å². The van der Waals surface area contributed by atoms with E-state index < -0.39 is 5.82 Å². The largest absolute Gasteiger partial charge is 0.335 e. The standard InChI is InChI=1S/C16H14ClFN2S/c17-14-9-12(6-7-15(14)18)19-16-20-13(10-21-16)8-11-4-2-1-3-5-11/h1-7,9,13H,8,10H2,(H,19,20). The molecule has 1 heterocycles. The summed E-state index contributed by atoms with van der Waals surface area (Å²) in [5.41, 5.74) is 2.05. The molecule has 0 aromatic heterocycles. The van der Waals surface area contributed by atoms with Crippen molar-refractivity contribution in [1.82, 2.24) is 0 Å². The molecule has 5 heteroatoms. The molecule has 0 saturated carbocycles. The molecule has 0 aliphatic carbocycles. The molecule has 0 bridgehead atoms. The van der Waals surface area contributed by atoms with E-state index in [1.165, 1.54) is 11.6 Å². The summed E-state index contributed by atoms with van der Waals surface area (Å²) in [5, 5.41) is 4.16. The number of nitrogens with one attached hydrogen (secondary N) is 1. The molecule has 2 aromatic carbocycles. The predicted molar refractivity (Wildman–Crippen MR) is 88.9 cm³/mol. The molecule has 1 unspecified atom stereocenters. The summed E-state index contributed by atoms with van der Waals surface area (Å²) in [5.74, 6) is 0.539. The van der Waals surface area contributed by atoms with Crippen LogP contribution in [0, 0.1) is 5.82 Å². The molecular formula is C16H14ClFN2S. The van der Waals surface area contributed by atoms with Gasteiger partial charge in [-0.3, -0.25) is 4.99 Å². The van der Waals surface area contributed by atoms with Crippen molar-refractivity contribution >= 4 is 34.2 Å². The number of hydrogen-bond acceptors (Lipinski definition) is 3. The van der Waals surface area contributed by atoms with Gasteiger partial charge in [0, 0.05) is 11.4 Å². The molecule has 21 heavy (non-hydrogen) atoms. The third kappa shape index (κ3) is 3.77. The first-order valence-corrected chi connectivity index (χ1v) is 8.03. The average molecular weight is 321 g/mol. The van der Waals surface area contributed by atoms with Crippen LogP contribution in [0.15, 0.2) is 53.5 Å². The van der Waals surface area contributed by atoms with Crippen LogP contribution >= 0.6 is 23.4 Å². The van der Waals surface area contributed by atoms with E-state index in [0.717, 1.165) is 23.0 Å². The van der Waals surface area contributed by atoms with Crippen LogP contribution in [0.2, 0.25) is 5.02 Å². The van der Waals surface area contributed by atoms with E-state index in [1.54, 1.807) is 23.9 Å². The van der Waals surface area contributed by atoms with Crippen LogP contribution in [-0.4, -0.2) is 17.0 Å². The highest BCUT2D eigenvalue weighted by Crippen LogP contribution is 2.25. The summed E-state index contributed by atoms with van der Waals surface area (Å²) in [6.45, 7) is 0. The molecule has 1 aliphatic heterocycles. The fourth-order valence-corrected chi connectivity index (χ4v) is 3.31. The molecule has 0 spiro atoms. The minimum absolute atomic E-state index is 0.115. The molecule has 0 amide bonds. The average Bonchev–Trinajstić information content (AvgIpc) is 2.91. The molecule has 0 fully saturated rings. The monoisotopic (exact) mass is 320 g/mol. The third-order valence-electron chi connectivity index (χ3n) is 3.20. The molecule has 1 N–H and O–H groups in total. The van der Waals surface area contributed by atoms with Gasteiger partial charge in [0.25, 0.3) is 0 Å². The minimum atomic E-state index is -0.412. The van der Waals surface area contributed by atoms with Gasteiger partial charge in [0.2, 0.25) is 0 Å². The van der Waals surface area contributed by atoms with Crippen LogP contribution in [-0.2, 0) is 6.42 Å². The molecule has 0 radical (unpaired) electrons. The Bertz CT molecular complexity index is 661. The second-order valence-corrected chi connectivity index (χ2v) is 6.26. The number of amidine groups is 1. The Kier molecular flexibility index (Phi) is 4.46. The lowest BCUT2D eigenvalue weighted by atomic mass is 10.1. The zero-order valence-electron chi connectivity index (χ0n) is 11.2. The fraction of sp³-hybridized carbons (Fsp3) is 0.188. The Morgan fingerprint density at radius 3 is 2.81 bits per heavy atom. The highest BCUT2D eigenvalue weighted by Gasteiger charge is 2.18. The first kappa shape index (κ1) is 14.4. The van der Waals surface area contributed by atoms with Crippen molar-refractivity contribution in [3.8, 4) is 0 Å². The highest BCUT2D eigenvalue weighted by molar-refractivity contribution is 8.14. The van der Waals surface area contributed by atoms with Crippen LogP contribution in [0.1, 0.15) is 5.56 Å². The number of aliphatic imine (C=N–C) groups is 1. The van der Waals surface area contributed by atoms with Gasteiger partial charge in [0.1, 0.15) is 5.82 Å². The maximum atomic E-state index is 13.1. The Balaban J connectivity index is 1.64. The third-order valence-corrected chi connectivity index (χ3v) is 4.52. The summed E-state index contributed by atoms with van der Waals surface area (Å²) < 4.78 is 13.1. The lowest BCUT2D eigenvalue weighted by Gasteiger charge is -2.06. The zero-order chi connectivity index (χ0) is 14.7. The van der Waals surface area contributed by atoms with Crippen LogP contribution in [0.4, 0.5) is 10.1 Å². The summed E-state index contributed by atoms with van der Waals surface area (Å²) in [6.07, 6.45) is 0.934. The molecule has 1 aliphatic rings. The van der Waals surface area contributed by atoms with Crippen LogP contribution in [0.25, 0.3) is 0 Å². The fourth-order valence-electron chi connectivity index (χ4n) is 2.17. The number of hydrogen-bond donors (Lipinski definition) is 1. The lowest BCUT2D eigenvalue weighted by molar-refractivity contribution is 0.628. The molecule has 3 rings (SSSR count). The van der Waals surface area contributed by atoms with Gasteiger partial charge in [0.05, 0.1) is 11.1 Å². The molecule has 2 nitrogen and oxygen atoms in total. The van der Waals surface area contributed by atoms with Crippen molar-refractivity contribution in [3.05, 3.63) is 64.9 Å². The quantitative estimate of drug-likeness (QED) is 0.893. The van der Waals surface area contributed by atoms with E-state index >= 15 is 0 Å². The first-order chi connectivity index (χ1) is 10.2. The van der Waals surface area contributed by atoms with Gasteiger partial charge in [-0.1, -0.05) is 53.7 Å². The number of thioether (sulfide) groups is 1. The number of rotatable bonds is 3. The van der Waals surface area contributed by atoms with Crippen molar-refractivity contribution in [1.29, 1.82) is 0 Å². The summed E-state index contributed by atoms with van der Waals surface area (Å²) in [6, 6.07) is 15.2. The molecule has 108 valence electrons. The maximum absolute atomic E-state index is 13.1. The van der Waals surface area contributed by atoms with Gasteiger partial charge in [0.15, 0.2) is 5.17 Å². The number of benzene rings is 2. The van der Waals surface area contributed by atoms with Gasteiger partial charge in [-0.2, -0.15) is 0 Å². The summed E-state index contributed by atoms with van der Waals surface area (Å²) in [4.78, 5) is 4.66. The summed E-state index contributed by atoms with van der Waals surface area (Å²) in [7, 11) is 0. The number of nitrogens with zero attached hydrogens (tertiary/aromatic N) is 1. The predicted octanol–water partition coefficient (Wildman–Crippen LogP) is 4.61. The molecular weight excluding hydrogens is 307 g/mol. The molecule has 2 aromatic rings. The van der Waals surface area contributed by atoms with Gasteiger partial charge in [-0.25, -0.2) is 4.39 Å². The van der Waals surface area contributed by atoms with Crippen LogP contribution in [0.5, 0.6) is 0 Å². The Morgan fingerprint density at radius 1 is 1.24 bits per heavy atom. The van der Waals surface area contributed by atoms with Crippen molar-refractivity contribution in [2.45, 2.75) is 12.5 Å². The Hall–Kier alpha value is -1.52. The molecule has 1 atom stereocenters. The highest BCUT2D eigenvalue weighted by atomic mass is 35.5. The normalized spacial score (nSPS) is 17.6. The topological polar surface area (TPSA) is 24.4 Å². The second-order valence-electron chi connectivity index (χ2n) is 4.84. The van der Waals surface area contributed by atoms with Gasteiger partial charge in [-0.05, 0) is 30.2 Å². The SMILES string of the molecule is Fc1ccc(NC2=NC(Cc3ccccc3)CS2)cc1Cl. The van der Waals surface area contributed by atoms with E-state index in [0.29, 0.717) is 0 Å². The van der Waals surface area contributed by atoms with Crippen molar-refractivity contribution < 1.29 is 4.39 Å². The van der Waals surface area contributed by atoms with E-state index in [1.807, 2.05) is 18.2 Å². The minimum Gasteiger partial charge on any atom is -0.335 e. The van der Waals surface area contributed by atoms with Crippen molar-refractivity contribution in [3.63, 3.8) is 0 Å². The smallest absolute Gasteiger partial charge is 0.161 e. The number of anilines is 1. The van der Waals surface area contributed by atoms with E-state index in [2.05, 4.69) is 22.4 Å². The lowest BCUT2D eigenvalue weighted by Crippen LogP contribution is -2.08. The molecule has 0 saturated heterocycles. The van der Waals surface area contributed by atoms with Gasteiger partial charge < -0.3 is 5.32 Å². The maximum Gasteiger partial charge on any atom is 0.161 e. The van der Waals surface area contributed by atoms with Crippen LogP contribution < -0.4 is 5.32 Å². The zero-order valence-corrected chi connectivity index (χ0v) is 12.8. The van der Waals surface area contributed by atoms with Crippen molar-refractivity contribution in [2.75, 3.05) is 11.1 Å². The van der Waals surface area contributed by atoms with Gasteiger partial charge in [-0.15, -0.1) is 0 Å². The van der Waals surface area contributed by atoms with Gasteiger partial charge >= 0.3 is 0 Å². The Morgan fingerprint density at radius 2 is 2.05 bits per heavy atom. The first-order valence-electron chi connectivity index (χ1n) is 6.67. The number of halogens is 2. The summed E-state index contributed by atoms with van der Waals surface area (Å²) >= 11 is 7.45. The van der Waals surface area contributed by atoms with E-state index in [9.17, 15) is 4.39 Å². The van der Waals surface area contributed by atoms with Crippen LogP contribution in [0.3, 0.4) is 0 Å². The van der Waals surface area contributed by atoms with E-state index in [-0.39, 0.29) is 11.1 Å². The second kappa shape index (κ2) is 6.50. The van der Waals surface area contributed by atoms with E-state index in [4.69, 9.17) is 11.6 Å².